The summed E-state index contributed by atoms with van der Waals surface area (Å²) in [5, 5.41) is 5.78. The molecule has 4 heteroatoms. The summed E-state index contributed by atoms with van der Waals surface area (Å²) >= 11 is 0. The largest absolute Gasteiger partial charge is 0.335 e. The van der Waals surface area contributed by atoms with Crippen LogP contribution in [0.4, 0.5) is 4.79 Å². The Morgan fingerprint density at radius 2 is 1.67 bits per heavy atom. The van der Waals surface area contributed by atoms with Crippen molar-refractivity contribution >= 4 is 11.8 Å². The molecule has 104 valence electrons. The van der Waals surface area contributed by atoms with Gasteiger partial charge in [-0.15, -0.1) is 0 Å². The zero-order chi connectivity index (χ0) is 13.8. The number of rotatable bonds is 3. The Hall–Kier alpha value is -1.06. The van der Waals surface area contributed by atoms with Crippen molar-refractivity contribution in [3.05, 3.63) is 0 Å². The van der Waals surface area contributed by atoms with E-state index in [1.807, 2.05) is 20.8 Å². The van der Waals surface area contributed by atoms with Gasteiger partial charge < -0.3 is 10.6 Å². The van der Waals surface area contributed by atoms with E-state index in [1.165, 1.54) is 26.2 Å². The van der Waals surface area contributed by atoms with Crippen LogP contribution < -0.4 is 10.6 Å². The fourth-order valence-corrected chi connectivity index (χ4v) is 2.53. The van der Waals surface area contributed by atoms with E-state index in [1.54, 1.807) is 0 Å². The third-order valence-electron chi connectivity index (χ3n) is 3.49. The van der Waals surface area contributed by atoms with Gasteiger partial charge in [0.2, 0.25) is 0 Å². The maximum atomic E-state index is 11.9. The zero-order valence-electron chi connectivity index (χ0n) is 12.0. The summed E-state index contributed by atoms with van der Waals surface area (Å²) < 4.78 is 0. The highest BCUT2D eigenvalue weighted by molar-refractivity contribution is 5.87. The molecule has 4 nitrogen and oxygen atoms in total. The molecule has 1 aliphatic rings. The first-order valence-corrected chi connectivity index (χ1v) is 6.88. The van der Waals surface area contributed by atoms with E-state index in [-0.39, 0.29) is 23.3 Å². The summed E-state index contributed by atoms with van der Waals surface area (Å²) in [6.45, 7) is 7.40. The molecule has 1 aliphatic carbocycles. The van der Waals surface area contributed by atoms with Crippen molar-refractivity contribution in [3.8, 4) is 0 Å². The van der Waals surface area contributed by atoms with Crippen molar-refractivity contribution in [2.24, 2.45) is 5.41 Å². The Labute approximate surface area is 110 Å². The van der Waals surface area contributed by atoms with Crippen LogP contribution in [0, 0.1) is 5.41 Å². The molecule has 0 saturated heterocycles. The number of carbonyl (C=O) groups is 2. The number of Topliss-reactive ketones (excluding diaryl/α,β-unsaturated/α-hetero) is 1. The highest BCUT2D eigenvalue weighted by atomic mass is 16.2. The monoisotopic (exact) mass is 254 g/mol. The Bertz CT molecular complexity index is 301. The van der Waals surface area contributed by atoms with Crippen molar-refractivity contribution in [1.82, 2.24) is 10.6 Å². The first-order valence-electron chi connectivity index (χ1n) is 6.88. The number of hydrogen-bond donors (Lipinski definition) is 2. The topological polar surface area (TPSA) is 58.2 Å². The zero-order valence-corrected chi connectivity index (χ0v) is 12.0. The van der Waals surface area contributed by atoms with E-state index < -0.39 is 6.04 Å². The van der Waals surface area contributed by atoms with Gasteiger partial charge in [-0.1, -0.05) is 40.0 Å². The summed E-state index contributed by atoms with van der Waals surface area (Å²) in [5.74, 6) is 0.00120. The number of carbonyl (C=O) groups excluding carboxylic acids is 2. The summed E-state index contributed by atoms with van der Waals surface area (Å²) in [5.41, 5.74) is -0.254. The predicted octanol–water partition coefficient (Wildman–Crippen LogP) is 2.62. The lowest BCUT2D eigenvalue weighted by Crippen LogP contribution is -2.53. The lowest BCUT2D eigenvalue weighted by Gasteiger charge is -2.30. The minimum absolute atomic E-state index is 0.00120. The summed E-state index contributed by atoms with van der Waals surface area (Å²) in [4.78, 5) is 23.5. The number of amides is 2. The van der Waals surface area contributed by atoms with Crippen LogP contribution in [0.2, 0.25) is 0 Å². The molecule has 1 atom stereocenters. The Morgan fingerprint density at radius 3 is 2.11 bits per heavy atom. The van der Waals surface area contributed by atoms with E-state index in [0.29, 0.717) is 0 Å². The number of nitrogens with one attached hydrogen (secondary N) is 2. The molecular weight excluding hydrogens is 228 g/mol. The van der Waals surface area contributed by atoms with Crippen molar-refractivity contribution in [2.45, 2.75) is 71.9 Å². The average molecular weight is 254 g/mol. The maximum absolute atomic E-state index is 11.9. The van der Waals surface area contributed by atoms with Crippen LogP contribution in [0.1, 0.15) is 59.8 Å². The second-order valence-electron chi connectivity index (χ2n) is 6.36. The first-order chi connectivity index (χ1) is 8.30. The van der Waals surface area contributed by atoms with Crippen LogP contribution in [-0.2, 0) is 4.79 Å². The Balaban J connectivity index is 2.48. The minimum atomic E-state index is -0.430. The van der Waals surface area contributed by atoms with Crippen molar-refractivity contribution < 1.29 is 9.59 Å². The van der Waals surface area contributed by atoms with Gasteiger partial charge in [0.25, 0.3) is 0 Å². The van der Waals surface area contributed by atoms with E-state index in [9.17, 15) is 9.59 Å². The van der Waals surface area contributed by atoms with Gasteiger partial charge >= 0.3 is 6.03 Å². The molecule has 2 N–H and O–H groups in total. The standard InChI is InChI=1S/C14H26N2O2/c1-10(17)12(14(2,3)4)16-13(18)15-11-8-6-5-7-9-11/h11-12H,5-9H2,1-4H3,(H2,15,16,18). The molecule has 1 unspecified atom stereocenters. The summed E-state index contributed by atoms with van der Waals surface area (Å²) in [6.07, 6.45) is 5.72. The average Bonchev–Trinajstić information content (AvgIpc) is 2.25. The second kappa shape index (κ2) is 6.21. The van der Waals surface area contributed by atoms with Gasteiger partial charge in [0.15, 0.2) is 5.78 Å². The van der Waals surface area contributed by atoms with Crippen LogP contribution in [0.3, 0.4) is 0 Å². The fraction of sp³-hybridized carbons (Fsp3) is 0.857. The highest BCUT2D eigenvalue weighted by Crippen LogP contribution is 2.20. The van der Waals surface area contributed by atoms with Crippen LogP contribution >= 0.6 is 0 Å². The van der Waals surface area contributed by atoms with E-state index >= 15 is 0 Å². The Morgan fingerprint density at radius 1 is 1.11 bits per heavy atom. The molecule has 0 aromatic carbocycles. The van der Waals surface area contributed by atoms with E-state index in [0.717, 1.165) is 12.8 Å². The molecule has 0 radical (unpaired) electrons. The third-order valence-corrected chi connectivity index (χ3v) is 3.49. The van der Waals surface area contributed by atoms with Crippen LogP contribution in [-0.4, -0.2) is 23.9 Å². The third kappa shape index (κ3) is 4.67. The second-order valence-corrected chi connectivity index (χ2v) is 6.36. The highest BCUT2D eigenvalue weighted by Gasteiger charge is 2.30. The molecule has 1 saturated carbocycles. The number of urea groups is 1. The van der Waals surface area contributed by atoms with Crippen LogP contribution in [0.25, 0.3) is 0 Å². The van der Waals surface area contributed by atoms with Gasteiger partial charge in [0.1, 0.15) is 0 Å². The van der Waals surface area contributed by atoms with Crippen molar-refractivity contribution in [3.63, 3.8) is 0 Å². The molecule has 0 aromatic rings. The molecule has 1 rings (SSSR count). The summed E-state index contributed by atoms with van der Waals surface area (Å²) in [6, 6.07) is -0.371. The smallest absolute Gasteiger partial charge is 0.315 e. The lowest BCUT2D eigenvalue weighted by atomic mass is 9.84. The lowest BCUT2D eigenvalue weighted by molar-refractivity contribution is -0.121. The van der Waals surface area contributed by atoms with Gasteiger partial charge in [-0.3, -0.25) is 4.79 Å². The molecule has 2 amide bonds. The molecule has 1 fully saturated rings. The maximum Gasteiger partial charge on any atom is 0.315 e. The van der Waals surface area contributed by atoms with E-state index in [2.05, 4.69) is 10.6 Å². The number of hydrogen-bond acceptors (Lipinski definition) is 2. The normalized spacial score (nSPS) is 19.1. The fourth-order valence-electron chi connectivity index (χ4n) is 2.53. The van der Waals surface area contributed by atoms with Gasteiger partial charge in [-0.25, -0.2) is 4.79 Å². The molecule has 0 bridgehead atoms. The van der Waals surface area contributed by atoms with Crippen LogP contribution in [0.5, 0.6) is 0 Å². The molecule has 0 aliphatic heterocycles. The molecule has 0 spiro atoms. The first kappa shape index (κ1) is 15.0. The Kier molecular flexibility index (Phi) is 5.17. The van der Waals surface area contributed by atoms with Gasteiger partial charge in [-0.2, -0.15) is 0 Å². The SMILES string of the molecule is CC(=O)C(NC(=O)NC1CCCCC1)C(C)(C)C. The van der Waals surface area contributed by atoms with Gasteiger partial charge in [0, 0.05) is 6.04 Å². The molecular formula is C14H26N2O2. The predicted molar refractivity (Wildman–Crippen MR) is 72.5 cm³/mol. The molecule has 0 heterocycles. The minimum Gasteiger partial charge on any atom is -0.335 e. The number of ketones is 1. The molecule has 0 aromatic heterocycles. The van der Waals surface area contributed by atoms with E-state index in [4.69, 9.17) is 0 Å². The molecule has 18 heavy (non-hydrogen) atoms. The van der Waals surface area contributed by atoms with Crippen molar-refractivity contribution in [2.75, 3.05) is 0 Å². The van der Waals surface area contributed by atoms with Gasteiger partial charge in [0.05, 0.1) is 6.04 Å². The van der Waals surface area contributed by atoms with Crippen LogP contribution in [0.15, 0.2) is 0 Å². The summed E-state index contributed by atoms with van der Waals surface area (Å²) in [7, 11) is 0. The van der Waals surface area contributed by atoms with Crippen molar-refractivity contribution in [1.29, 1.82) is 0 Å². The quantitative estimate of drug-likeness (QED) is 0.813. The van der Waals surface area contributed by atoms with Gasteiger partial charge in [-0.05, 0) is 25.2 Å².